The smallest absolute Gasteiger partial charge is 0.223 e. The number of nitrogens with zero attached hydrogens (tertiary/aromatic N) is 2. The van der Waals surface area contributed by atoms with Crippen LogP contribution in [0.1, 0.15) is 25.1 Å². The van der Waals surface area contributed by atoms with Crippen LogP contribution in [0.5, 0.6) is 0 Å². The summed E-state index contributed by atoms with van der Waals surface area (Å²) in [4.78, 5) is 10.6. The van der Waals surface area contributed by atoms with Gasteiger partial charge in [-0.2, -0.15) is 4.98 Å². The summed E-state index contributed by atoms with van der Waals surface area (Å²) in [6, 6.07) is 2.05. The molecular weight excluding hydrogens is 248 g/mol. The third-order valence-corrected chi connectivity index (χ3v) is 3.67. The molecular formula is C12H18N4OS. The van der Waals surface area contributed by atoms with E-state index in [1.54, 1.807) is 11.3 Å². The number of thiophene rings is 1. The number of hydrogen-bond donors (Lipinski definition) is 3. The molecule has 2 aromatic rings. The van der Waals surface area contributed by atoms with Crippen LogP contribution in [0.15, 0.2) is 6.07 Å². The summed E-state index contributed by atoms with van der Waals surface area (Å²) in [7, 11) is 0. The average Bonchev–Trinajstić information content (AvgIpc) is 2.57. The first kappa shape index (κ1) is 13.0. The summed E-state index contributed by atoms with van der Waals surface area (Å²) in [5.41, 5.74) is 5.48. The van der Waals surface area contributed by atoms with Crippen LogP contribution in [0.25, 0.3) is 10.2 Å². The number of nitrogens with one attached hydrogen (secondary N) is 1. The lowest BCUT2D eigenvalue weighted by molar-refractivity contribution is 0.260. The van der Waals surface area contributed by atoms with Crippen molar-refractivity contribution in [1.29, 1.82) is 0 Å². The summed E-state index contributed by atoms with van der Waals surface area (Å²) >= 11 is 1.60. The summed E-state index contributed by atoms with van der Waals surface area (Å²) in [6.07, 6.45) is 0.640. The summed E-state index contributed by atoms with van der Waals surface area (Å²) < 4.78 is 0. The molecule has 98 valence electrons. The molecule has 0 amide bonds. The fourth-order valence-electron chi connectivity index (χ4n) is 1.82. The highest BCUT2D eigenvalue weighted by molar-refractivity contribution is 7.18. The Morgan fingerprint density at radius 1 is 1.44 bits per heavy atom. The number of rotatable bonds is 4. The van der Waals surface area contributed by atoms with E-state index < -0.39 is 0 Å². The molecule has 0 aliphatic rings. The Balaban J connectivity index is 2.43. The molecule has 0 saturated heterocycles. The highest BCUT2D eigenvalue weighted by Gasteiger charge is 2.19. The van der Waals surface area contributed by atoms with Gasteiger partial charge in [-0.1, -0.05) is 0 Å². The lowest BCUT2D eigenvalue weighted by Crippen LogP contribution is -2.32. The van der Waals surface area contributed by atoms with Crippen molar-refractivity contribution >= 4 is 33.3 Å². The molecule has 0 spiro atoms. The van der Waals surface area contributed by atoms with Crippen LogP contribution in [0.3, 0.4) is 0 Å². The second kappa shape index (κ2) is 4.70. The molecule has 6 heteroatoms. The normalized spacial score (nSPS) is 12.0. The van der Waals surface area contributed by atoms with Gasteiger partial charge in [-0.15, -0.1) is 11.3 Å². The Morgan fingerprint density at radius 3 is 2.83 bits per heavy atom. The van der Waals surface area contributed by atoms with Crippen molar-refractivity contribution in [1.82, 2.24) is 9.97 Å². The molecule has 2 aromatic heterocycles. The van der Waals surface area contributed by atoms with Crippen LogP contribution in [0, 0.1) is 6.92 Å². The lowest BCUT2D eigenvalue weighted by Gasteiger charge is -2.26. The van der Waals surface area contributed by atoms with Crippen molar-refractivity contribution < 1.29 is 5.11 Å². The van der Waals surface area contributed by atoms with E-state index in [0.717, 1.165) is 16.0 Å². The zero-order valence-electron chi connectivity index (χ0n) is 10.8. The molecule has 0 fully saturated rings. The Kier molecular flexibility index (Phi) is 3.41. The maximum Gasteiger partial charge on any atom is 0.223 e. The van der Waals surface area contributed by atoms with Crippen LogP contribution in [-0.4, -0.2) is 27.2 Å². The highest BCUT2D eigenvalue weighted by Crippen LogP contribution is 2.30. The molecule has 0 aromatic carbocycles. The van der Waals surface area contributed by atoms with Gasteiger partial charge in [0.05, 0.1) is 5.39 Å². The predicted octanol–water partition coefficient (Wildman–Crippen LogP) is 2.15. The maximum atomic E-state index is 9.06. The lowest BCUT2D eigenvalue weighted by atomic mass is 10.0. The van der Waals surface area contributed by atoms with E-state index >= 15 is 0 Å². The number of nitrogen functional groups attached to an aromatic ring is 1. The van der Waals surface area contributed by atoms with Gasteiger partial charge >= 0.3 is 0 Å². The van der Waals surface area contributed by atoms with Gasteiger partial charge in [0.25, 0.3) is 0 Å². The molecule has 4 N–H and O–H groups in total. The Hall–Kier alpha value is -1.40. The Labute approximate surface area is 110 Å². The average molecular weight is 266 g/mol. The number of aliphatic hydroxyl groups excluding tert-OH is 1. The van der Waals surface area contributed by atoms with Crippen LogP contribution < -0.4 is 11.1 Å². The summed E-state index contributed by atoms with van der Waals surface area (Å²) in [6.45, 7) is 6.21. The molecule has 2 heterocycles. The quantitative estimate of drug-likeness (QED) is 0.789. The van der Waals surface area contributed by atoms with Gasteiger partial charge in [0, 0.05) is 17.0 Å². The minimum atomic E-state index is -0.238. The predicted molar refractivity (Wildman–Crippen MR) is 76.0 cm³/mol. The van der Waals surface area contributed by atoms with E-state index in [2.05, 4.69) is 21.4 Å². The first-order valence-electron chi connectivity index (χ1n) is 5.84. The number of fused-ring (bicyclic) bond motifs is 1. The second-order valence-electron chi connectivity index (χ2n) is 4.99. The molecule has 5 nitrogen and oxygen atoms in total. The largest absolute Gasteiger partial charge is 0.396 e. The van der Waals surface area contributed by atoms with Crippen molar-refractivity contribution in [3.63, 3.8) is 0 Å². The molecule has 0 aliphatic carbocycles. The molecule has 0 saturated carbocycles. The van der Waals surface area contributed by atoms with E-state index in [1.165, 1.54) is 4.88 Å². The topological polar surface area (TPSA) is 84.1 Å². The second-order valence-corrected chi connectivity index (χ2v) is 6.22. The van der Waals surface area contributed by atoms with Crippen LogP contribution in [0.2, 0.25) is 0 Å². The fraction of sp³-hybridized carbons (Fsp3) is 0.500. The van der Waals surface area contributed by atoms with Gasteiger partial charge in [-0.3, -0.25) is 0 Å². The van der Waals surface area contributed by atoms with E-state index in [-0.39, 0.29) is 18.1 Å². The van der Waals surface area contributed by atoms with Crippen molar-refractivity contribution in [2.75, 3.05) is 17.7 Å². The van der Waals surface area contributed by atoms with Crippen molar-refractivity contribution in [3.8, 4) is 0 Å². The van der Waals surface area contributed by atoms with Crippen LogP contribution >= 0.6 is 11.3 Å². The van der Waals surface area contributed by atoms with Gasteiger partial charge in [-0.05, 0) is 33.3 Å². The number of aromatic nitrogens is 2. The third-order valence-electron chi connectivity index (χ3n) is 2.73. The van der Waals surface area contributed by atoms with E-state index in [0.29, 0.717) is 6.42 Å². The van der Waals surface area contributed by atoms with E-state index in [4.69, 9.17) is 10.8 Å². The third kappa shape index (κ3) is 2.70. The van der Waals surface area contributed by atoms with Gasteiger partial charge in [0.1, 0.15) is 10.6 Å². The summed E-state index contributed by atoms with van der Waals surface area (Å²) in [5, 5.41) is 13.4. The Bertz CT molecular complexity index is 564. The SMILES string of the molecule is Cc1cc2c(NC(C)(C)CCO)nc(N)nc2s1. The maximum absolute atomic E-state index is 9.06. The number of aliphatic hydroxyl groups is 1. The van der Waals surface area contributed by atoms with Gasteiger partial charge < -0.3 is 16.2 Å². The van der Waals surface area contributed by atoms with Gasteiger partial charge in [0.2, 0.25) is 5.95 Å². The van der Waals surface area contributed by atoms with Gasteiger partial charge in [-0.25, -0.2) is 4.98 Å². The molecule has 2 rings (SSSR count). The van der Waals surface area contributed by atoms with Crippen LogP contribution in [-0.2, 0) is 0 Å². The number of nitrogens with two attached hydrogens (primary N) is 1. The zero-order chi connectivity index (χ0) is 13.3. The van der Waals surface area contributed by atoms with E-state index in [1.807, 2.05) is 20.8 Å². The zero-order valence-corrected chi connectivity index (χ0v) is 11.6. The fourth-order valence-corrected chi connectivity index (χ4v) is 2.70. The number of aryl methyl sites for hydroxylation is 1. The van der Waals surface area contributed by atoms with Crippen molar-refractivity contribution in [2.45, 2.75) is 32.7 Å². The molecule has 0 aliphatic heterocycles. The minimum Gasteiger partial charge on any atom is -0.396 e. The first-order chi connectivity index (χ1) is 8.41. The summed E-state index contributed by atoms with van der Waals surface area (Å²) in [5.74, 6) is 1.01. The molecule has 18 heavy (non-hydrogen) atoms. The first-order valence-corrected chi connectivity index (χ1v) is 6.65. The molecule has 0 atom stereocenters. The van der Waals surface area contributed by atoms with Gasteiger partial charge in [0.15, 0.2) is 0 Å². The molecule has 0 unspecified atom stereocenters. The van der Waals surface area contributed by atoms with E-state index in [9.17, 15) is 0 Å². The Morgan fingerprint density at radius 2 is 2.17 bits per heavy atom. The number of anilines is 2. The molecule has 0 radical (unpaired) electrons. The standard InChI is InChI=1S/C12H18N4OS/c1-7-6-8-9(16-12(2,3)4-5-17)14-11(13)15-10(8)18-7/h6,17H,4-5H2,1-3H3,(H3,13,14,15,16). The van der Waals surface area contributed by atoms with Crippen molar-refractivity contribution in [2.24, 2.45) is 0 Å². The van der Waals surface area contributed by atoms with Crippen molar-refractivity contribution in [3.05, 3.63) is 10.9 Å². The molecule has 0 bridgehead atoms. The number of hydrogen-bond acceptors (Lipinski definition) is 6. The monoisotopic (exact) mass is 266 g/mol. The highest BCUT2D eigenvalue weighted by atomic mass is 32.1. The van der Waals surface area contributed by atoms with Crippen LogP contribution in [0.4, 0.5) is 11.8 Å². The minimum absolute atomic E-state index is 0.131.